The summed E-state index contributed by atoms with van der Waals surface area (Å²) in [6.07, 6.45) is -2.97. The summed E-state index contributed by atoms with van der Waals surface area (Å²) in [6.45, 7) is 0. The van der Waals surface area contributed by atoms with Crippen molar-refractivity contribution in [1.29, 1.82) is 0 Å². The molecule has 0 atom stereocenters. The molecule has 0 radical (unpaired) electrons. The molecule has 0 saturated heterocycles. The maximum atomic E-state index is 13.0. The van der Waals surface area contributed by atoms with Crippen LogP contribution in [0.25, 0.3) is 22.1 Å². The van der Waals surface area contributed by atoms with Crippen molar-refractivity contribution >= 4 is 33.7 Å². The summed E-state index contributed by atoms with van der Waals surface area (Å²) in [5.74, 6) is 1.70. The minimum Gasteiger partial charge on any atom is -0.457 e. The number of nitrogens with one attached hydrogen (secondary N) is 3. The summed E-state index contributed by atoms with van der Waals surface area (Å²) in [5.41, 5.74) is 1.50. The van der Waals surface area contributed by atoms with Crippen molar-refractivity contribution in [2.24, 2.45) is 0 Å². The highest BCUT2D eigenvalue weighted by Gasteiger charge is 2.32. The lowest BCUT2D eigenvalue weighted by atomic mass is 10.3. The Morgan fingerprint density at radius 1 is 0.867 bits per heavy atom. The van der Waals surface area contributed by atoms with Crippen LogP contribution in [0.3, 0.4) is 0 Å². The number of alkyl halides is 3. The first-order valence-electron chi connectivity index (χ1n) is 9.01. The predicted molar refractivity (Wildman–Crippen MR) is 107 cm³/mol. The molecular weight excluding hydrogens is 395 g/mol. The van der Waals surface area contributed by atoms with Gasteiger partial charge in [0.05, 0.1) is 22.2 Å². The van der Waals surface area contributed by atoms with Crippen LogP contribution in [0.15, 0.2) is 66.9 Å². The molecular formula is C21H14F3N5O. The van der Waals surface area contributed by atoms with E-state index in [0.717, 1.165) is 11.6 Å². The molecule has 0 bridgehead atoms. The normalized spacial score (nSPS) is 11.8. The van der Waals surface area contributed by atoms with Gasteiger partial charge in [-0.1, -0.05) is 18.2 Å². The number of halogens is 3. The average Bonchev–Trinajstić information content (AvgIpc) is 3.31. The molecule has 0 amide bonds. The van der Waals surface area contributed by atoms with Crippen LogP contribution in [-0.4, -0.2) is 19.9 Å². The second-order valence-corrected chi connectivity index (χ2v) is 6.60. The molecule has 3 N–H and O–H groups in total. The van der Waals surface area contributed by atoms with Crippen LogP contribution in [0.1, 0.15) is 5.69 Å². The first-order valence-corrected chi connectivity index (χ1v) is 9.01. The van der Waals surface area contributed by atoms with Crippen molar-refractivity contribution in [3.63, 3.8) is 0 Å². The number of ether oxygens (including phenoxy) is 1. The van der Waals surface area contributed by atoms with E-state index in [9.17, 15) is 13.2 Å². The fraction of sp³-hybridized carbons (Fsp3) is 0.0476. The van der Waals surface area contributed by atoms with Gasteiger partial charge in [-0.15, -0.1) is 0 Å². The maximum absolute atomic E-state index is 13.0. The molecule has 0 saturated carbocycles. The van der Waals surface area contributed by atoms with Gasteiger partial charge >= 0.3 is 6.18 Å². The van der Waals surface area contributed by atoms with Gasteiger partial charge in [-0.2, -0.15) is 13.2 Å². The quantitative estimate of drug-likeness (QED) is 0.340. The summed E-state index contributed by atoms with van der Waals surface area (Å²) in [7, 11) is 0. The molecule has 0 unspecified atom stereocenters. The number of nitrogens with zero attached hydrogens (tertiary/aromatic N) is 2. The molecule has 5 aromatic rings. The van der Waals surface area contributed by atoms with E-state index in [1.54, 1.807) is 18.3 Å². The molecule has 0 aliphatic rings. The van der Waals surface area contributed by atoms with Gasteiger partial charge in [0, 0.05) is 12.3 Å². The molecule has 3 aromatic heterocycles. The number of benzene rings is 2. The van der Waals surface area contributed by atoms with E-state index in [1.807, 2.05) is 36.4 Å². The second-order valence-electron chi connectivity index (χ2n) is 6.60. The van der Waals surface area contributed by atoms with Gasteiger partial charge in [-0.25, -0.2) is 9.97 Å². The van der Waals surface area contributed by atoms with E-state index in [1.165, 1.54) is 6.07 Å². The largest absolute Gasteiger partial charge is 0.457 e. The average molecular weight is 409 g/mol. The van der Waals surface area contributed by atoms with Gasteiger partial charge in [0.25, 0.3) is 0 Å². The highest BCUT2D eigenvalue weighted by Crippen LogP contribution is 2.32. The molecule has 9 heteroatoms. The molecule has 0 aliphatic heterocycles. The summed E-state index contributed by atoms with van der Waals surface area (Å²) in [6, 6.07) is 17.1. The van der Waals surface area contributed by atoms with Gasteiger partial charge < -0.3 is 20.0 Å². The van der Waals surface area contributed by atoms with Crippen LogP contribution < -0.4 is 10.1 Å². The number of pyridine rings is 1. The Morgan fingerprint density at radius 3 is 2.47 bits per heavy atom. The molecule has 5 rings (SSSR count). The Morgan fingerprint density at radius 2 is 1.67 bits per heavy atom. The number of para-hydroxylation sites is 1. The first-order chi connectivity index (χ1) is 14.5. The zero-order valence-electron chi connectivity index (χ0n) is 15.3. The fourth-order valence-electron chi connectivity index (χ4n) is 3.11. The number of hydrogen-bond donors (Lipinski definition) is 3. The van der Waals surface area contributed by atoms with E-state index < -0.39 is 11.9 Å². The van der Waals surface area contributed by atoms with Crippen molar-refractivity contribution in [2.75, 3.05) is 5.32 Å². The number of fused-ring (bicyclic) bond motifs is 2. The Balaban J connectivity index is 1.44. The van der Waals surface area contributed by atoms with E-state index in [2.05, 4.69) is 25.3 Å². The zero-order valence-corrected chi connectivity index (χ0v) is 15.3. The third-order valence-corrected chi connectivity index (χ3v) is 4.50. The summed E-state index contributed by atoms with van der Waals surface area (Å²) >= 11 is 0. The van der Waals surface area contributed by atoms with Crippen molar-refractivity contribution in [2.45, 2.75) is 6.18 Å². The maximum Gasteiger partial charge on any atom is 0.433 e. The number of anilines is 2. The lowest BCUT2D eigenvalue weighted by molar-refractivity contribution is -0.140. The SMILES string of the molecule is FC(F)(F)c1ccc2[nH]cc(Nc3nc4cc(Oc5ccccc5)ccc4[nH]3)c2n1. The van der Waals surface area contributed by atoms with Crippen molar-refractivity contribution in [1.82, 2.24) is 19.9 Å². The third-order valence-electron chi connectivity index (χ3n) is 4.50. The van der Waals surface area contributed by atoms with E-state index in [0.29, 0.717) is 34.2 Å². The predicted octanol–water partition coefficient (Wildman–Crippen LogP) is 5.99. The zero-order chi connectivity index (χ0) is 20.7. The van der Waals surface area contributed by atoms with Crippen LogP contribution in [0.2, 0.25) is 0 Å². The first kappa shape index (κ1) is 18.0. The molecule has 3 heterocycles. The highest BCUT2D eigenvalue weighted by atomic mass is 19.4. The number of aromatic nitrogens is 4. The van der Waals surface area contributed by atoms with Crippen molar-refractivity contribution < 1.29 is 17.9 Å². The minimum atomic E-state index is -4.52. The Kier molecular flexibility index (Phi) is 4.09. The van der Waals surface area contributed by atoms with Gasteiger partial charge in [0.15, 0.2) is 0 Å². The third kappa shape index (κ3) is 3.41. The van der Waals surface area contributed by atoms with Crippen molar-refractivity contribution in [3.8, 4) is 11.5 Å². The summed E-state index contributed by atoms with van der Waals surface area (Å²) in [4.78, 5) is 14.2. The second kappa shape index (κ2) is 6.80. The van der Waals surface area contributed by atoms with E-state index >= 15 is 0 Å². The highest BCUT2D eigenvalue weighted by molar-refractivity contribution is 5.91. The molecule has 0 aliphatic carbocycles. The summed E-state index contributed by atoms with van der Waals surface area (Å²) < 4.78 is 44.8. The number of hydrogen-bond acceptors (Lipinski definition) is 4. The lowest BCUT2D eigenvalue weighted by Crippen LogP contribution is -2.07. The van der Waals surface area contributed by atoms with Crippen LogP contribution in [0, 0.1) is 0 Å². The Labute approximate surface area is 167 Å². The van der Waals surface area contributed by atoms with Gasteiger partial charge in [0.1, 0.15) is 22.7 Å². The van der Waals surface area contributed by atoms with Gasteiger partial charge in [0.2, 0.25) is 5.95 Å². The number of rotatable bonds is 4. The van der Waals surface area contributed by atoms with E-state index in [4.69, 9.17) is 4.74 Å². The van der Waals surface area contributed by atoms with Crippen LogP contribution in [-0.2, 0) is 6.18 Å². The Bertz CT molecular complexity index is 1340. The molecule has 0 spiro atoms. The van der Waals surface area contributed by atoms with Crippen LogP contribution >= 0.6 is 0 Å². The lowest BCUT2D eigenvalue weighted by Gasteiger charge is -2.06. The molecule has 0 fully saturated rings. The van der Waals surface area contributed by atoms with Crippen LogP contribution in [0.5, 0.6) is 11.5 Å². The molecule has 150 valence electrons. The molecule has 2 aromatic carbocycles. The van der Waals surface area contributed by atoms with Gasteiger partial charge in [-0.05, 0) is 36.4 Å². The summed E-state index contributed by atoms with van der Waals surface area (Å²) in [5, 5.41) is 3.00. The topological polar surface area (TPSA) is 78.6 Å². The molecule has 6 nitrogen and oxygen atoms in total. The van der Waals surface area contributed by atoms with Gasteiger partial charge in [-0.3, -0.25) is 0 Å². The number of imidazole rings is 1. The molecule has 30 heavy (non-hydrogen) atoms. The van der Waals surface area contributed by atoms with E-state index in [-0.39, 0.29) is 5.52 Å². The minimum absolute atomic E-state index is 0.179. The monoisotopic (exact) mass is 409 g/mol. The number of aromatic amines is 2. The number of H-pyrrole nitrogens is 2. The fourth-order valence-corrected chi connectivity index (χ4v) is 3.11. The standard InChI is InChI=1S/C21H14F3N5O/c22-21(23,24)18-9-8-15-19(29-18)17(11-25-15)28-20-26-14-7-6-13(10-16(14)27-20)30-12-4-2-1-3-5-12/h1-11,25H,(H2,26,27,28). The van der Waals surface area contributed by atoms with Crippen molar-refractivity contribution in [3.05, 3.63) is 72.6 Å². The van der Waals surface area contributed by atoms with Crippen LogP contribution in [0.4, 0.5) is 24.8 Å². The smallest absolute Gasteiger partial charge is 0.433 e. The Hall–Kier alpha value is -4.01.